The molecule has 0 saturated carbocycles. The lowest BCUT2D eigenvalue weighted by atomic mass is 9.98. The van der Waals surface area contributed by atoms with Crippen LogP contribution in [0.3, 0.4) is 0 Å². The molecule has 1 aromatic rings. The maximum Gasteiger partial charge on any atom is 0.317 e. The molecule has 8 heteroatoms. The predicted molar refractivity (Wildman–Crippen MR) is 67.3 cm³/mol. The van der Waals surface area contributed by atoms with Crippen molar-refractivity contribution in [1.29, 1.82) is 0 Å². The van der Waals surface area contributed by atoms with Crippen LogP contribution in [0.15, 0.2) is 0 Å². The molecule has 1 aliphatic rings. The van der Waals surface area contributed by atoms with Gasteiger partial charge in [-0.1, -0.05) is 0 Å². The zero-order chi connectivity index (χ0) is 13.7. The van der Waals surface area contributed by atoms with Crippen LogP contribution in [0.2, 0.25) is 0 Å². The Morgan fingerprint density at radius 1 is 1.58 bits per heavy atom. The number of hydrogen-bond acceptors (Lipinski definition) is 6. The fourth-order valence-corrected chi connectivity index (χ4v) is 2.43. The molecule has 0 radical (unpaired) electrons. The molecule has 1 atom stereocenters. The van der Waals surface area contributed by atoms with E-state index in [9.17, 15) is 4.79 Å². The number of carboxylic acids is 1. The number of nitrogens with zero attached hydrogens (tertiary/aromatic N) is 5. The number of tetrazole rings is 1. The lowest BCUT2D eigenvalue weighted by Gasteiger charge is -2.31. The Morgan fingerprint density at radius 3 is 3.11 bits per heavy atom. The maximum absolute atomic E-state index is 10.5. The first-order valence-electron chi connectivity index (χ1n) is 6.51. The number of hydrogen-bond donors (Lipinski definition) is 2. The molecule has 8 nitrogen and oxygen atoms in total. The van der Waals surface area contributed by atoms with Gasteiger partial charge in [0.05, 0.1) is 20.1 Å². The van der Waals surface area contributed by atoms with Crippen molar-refractivity contribution in [2.45, 2.75) is 19.4 Å². The van der Waals surface area contributed by atoms with E-state index in [1.807, 2.05) is 0 Å². The summed E-state index contributed by atoms with van der Waals surface area (Å²) in [4.78, 5) is 14.2. The zero-order valence-electron chi connectivity index (χ0n) is 11.1. The molecule has 1 unspecified atom stereocenters. The summed E-state index contributed by atoms with van der Waals surface area (Å²) in [5, 5.41) is 23.5. The number of nitrogens with one attached hydrogen (secondary N) is 1. The molecular weight excluding hydrogens is 248 g/mol. The third-order valence-electron chi connectivity index (χ3n) is 3.23. The molecule has 1 fully saturated rings. The Morgan fingerprint density at radius 2 is 2.42 bits per heavy atom. The van der Waals surface area contributed by atoms with Gasteiger partial charge in [0.15, 0.2) is 5.82 Å². The number of rotatable bonds is 6. The van der Waals surface area contributed by atoms with Gasteiger partial charge < -0.3 is 10.4 Å². The van der Waals surface area contributed by atoms with Crippen LogP contribution < -0.4 is 5.32 Å². The second-order valence-electron chi connectivity index (χ2n) is 4.96. The van der Waals surface area contributed by atoms with E-state index in [1.54, 1.807) is 7.05 Å². The number of aryl methyl sites for hydroxylation is 1. The van der Waals surface area contributed by atoms with E-state index >= 15 is 0 Å². The van der Waals surface area contributed by atoms with Gasteiger partial charge >= 0.3 is 5.97 Å². The van der Waals surface area contributed by atoms with E-state index in [0.717, 1.165) is 38.3 Å². The van der Waals surface area contributed by atoms with Crippen molar-refractivity contribution in [1.82, 2.24) is 30.4 Å². The molecule has 0 aromatic carbocycles. The van der Waals surface area contributed by atoms with Gasteiger partial charge in [-0.05, 0) is 37.1 Å². The molecule has 1 aromatic heterocycles. The third kappa shape index (κ3) is 4.56. The highest BCUT2D eigenvalue weighted by molar-refractivity contribution is 5.68. The molecule has 2 N–H and O–H groups in total. The van der Waals surface area contributed by atoms with Crippen LogP contribution in [0.25, 0.3) is 0 Å². The maximum atomic E-state index is 10.5. The zero-order valence-corrected chi connectivity index (χ0v) is 11.1. The van der Waals surface area contributed by atoms with Gasteiger partial charge in [0.1, 0.15) is 0 Å². The van der Waals surface area contributed by atoms with Crippen LogP contribution >= 0.6 is 0 Å². The summed E-state index contributed by atoms with van der Waals surface area (Å²) in [6.07, 6.45) is 2.26. The summed E-state index contributed by atoms with van der Waals surface area (Å²) < 4.78 is 0. The highest BCUT2D eigenvalue weighted by Crippen LogP contribution is 2.16. The first-order valence-corrected chi connectivity index (χ1v) is 6.51. The van der Waals surface area contributed by atoms with Gasteiger partial charge in [-0.25, -0.2) is 0 Å². The molecule has 0 bridgehead atoms. The highest BCUT2D eigenvalue weighted by Gasteiger charge is 2.21. The summed E-state index contributed by atoms with van der Waals surface area (Å²) >= 11 is 0. The van der Waals surface area contributed by atoms with Crippen molar-refractivity contribution in [3.05, 3.63) is 5.82 Å². The summed E-state index contributed by atoms with van der Waals surface area (Å²) in [5.74, 6) is 0.419. The Labute approximate surface area is 111 Å². The predicted octanol–water partition coefficient (Wildman–Crippen LogP) is -0.904. The van der Waals surface area contributed by atoms with E-state index < -0.39 is 5.97 Å². The van der Waals surface area contributed by atoms with Crippen molar-refractivity contribution < 1.29 is 9.90 Å². The smallest absolute Gasteiger partial charge is 0.317 e. The topological polar surface area (TPSA) is 96.2 Å². The van der Waals surface area contributed by atoms with Crippen molar-refractivity contribution in [2.24, 2.45) is 13.0 Å². The van der Waals surface area contributed by atoms with Crippen molar-refractivity contribution in [3.63, 3.8) is 0 Å². The molecule has 2 heterocycles. The van der Waals surface area contributed by atoms with E-state index in [-0.39, 0.29) is 6.54 Å². The van der Waals surface area contributed by atoms with Crippen LogP contribution in [0.5, 0.6) is 0 Å². The average molecular weight is 268 g/mol. The summed E-state index contributed by atoms with van der Waals surface area (Å²) in [5.41, 5.74) is 0. The number of carbonyl (C=O) groups is 1. The first kappa shape index (κ1) is 13.9. The third-order valence-corrected chi connectivity index (χ3v) is 3.23. The molecule has 2 rings (SSSR count). The molecule has 0 amide bonds. The normalized spacial score (nSPS) is 20.6. The lowest BCUT2D eigenvalue weighted by molar-refractivity contribution is -0.136. The largest absolute Gasteiger partial charge is 0.480 e. The molecule has 1 aliphatic heterocycles. The van der Waals surface area contributed by atoms with Crippen LogP contribution in [0.1, 0.15) is 18.7 Å². The molecule has 19 heavy (non-hydrogen) atoms. The second-order valence-corrected chi connectivity index (χ2v) is 4.96. The van der Waals surface area contributed by atoms with E-state index in [2.05, 4.69) is 25.6 Å². The SMILES string of the molecule is Cn1nnc(CN2CCCC(CNCC(=O)O)C2)n1. The fourth-order valence-electron chi connectivity index (χ4n) is 2.43. The van der Waals surface area contributed by atoms with Gasteiger partial charge in [0.25, 0.3) is 0 Å². The minimum absolute atomic E-state index is 0.0300. The van der Waals surface area contributed by atoms with Gasteiger partial charge in [0, 0.05) is 6.54 Å². The van der Waals surface area contributed by atoms with Crippen molar-refractivity contribution in [3.8, 4) is 0 Å². The van der Waals surface area contributed by atoms with Gasteiger partial charge in [-0.3, -0.25) is 9.69 Å². The standard InChI is InChI=1S/C11H20N6O2/c1-16-14-10(13-15-16)8-17-4-2-3-9(7-17)5-12-6-11(18)19/h9,12H,2-8H2,1H3,(H,18,19). The van der Waals surface area contributed by atoms with Crippen molar-refractivity contribution >= 4 is 5.97 Å². The number of piperidine rings is 1. The van der Waals surface area contributed by atoms with E-state index in [0.29, 0.717) is 12.5 Å². The minimum atomic E-state index is -0.809. The van der Waals surface area contributed by atoms with E-state index in [4.69, 9.17) is 5.11 Å². The number of likely N-dealkylation sites (tertiary alicyclic amines) is 1. The average Bonchev–Trinajstić information content (AvgIpc) is 2.75. The Hall–Kier alpha value is -1.54. The van der Waals surface area contributed by atoms with Crippen LogP contribution in [0.4, 0.5) is 0 Å². The number of carboxylic acid groups (broad SMARTS) is 1. The first-order chi connectivity index (χ1) is 9.13. The molecule has 0 aliphatic carbocycles. The summed E-state index contributed by atoms with van der Waals surface area (Å²) in [6, 6.07) is 0. The molecule has 0 spiro atoms. The summed E-state index contributed by atoms with van der Waals surface area (Å²) in [6.45, 7) is 3.47. The number of aliphatic carboxylic acids is 1. The van der Waals surface area contributed by atoms with Gasteiger partial charge in [-0.15, -0.1) is 10.2 Å². The van der Waals surface area contributed by atoms with Crippen molar-refractivity contribution in [2.75, 3.05) is 26.2 Å². The van der Waals surface area contributed by atoms with Crippen LogP contribution in [-0.2, 0) is 18.4 Å². The Balaban J connectivity index is 1.75. The monoisotopic (exact) mass is 268 g/mol. The molecule has 106 valence electrons. The lowest BCUT2D eigenvalue weighted by Crippen LogP contribution is -2.40. The van der Waals surface area contributed by atoms with Crippen LogP contribution in [0, 0.1) is 5.92 Å². The molecular formula is C11H20N6O2. The fraction of sp³-hybridized carbons (Fsp3) is 0.818. The van der Waals surface area contributed by atoms with Gasteiger partial charge in [-0.2, -0.15) is 4.80 Å². The second kappa shape index (κ2) is 6.58. The van der Waals surface area contributed by atoms with Crippen LogP contribution in [-0.4, -0.2) is 62.4 Å². The highest BCUT2D eigenvalue weighted by atomic mass is 16.4. The number of aromatic nitrogens is 4. The Kier molecular flexibility index (Phi) is 4.80. The Bertz CT molecular complexity index is 421. The summed E-state index contributed by atoms with van der Waals surface area (Å²) in [7, 11) is 1.76. The van der Waals surface area contributed by atoms with Gasteiger partial charge in [0.2, 0.25) is 0 Å². The molecule has 1 saturated heterocycles. The minimum Gasteiger partial charge on any atom is -0.480 e. The van der Waals surface area contributed by atoms with E-state index in [1.165, 1.54) is 4.80 Å². The quantitative estimate of drug-likeness (QED) is 0.690.